The number of hydrogen-bond donors (Lipinski definition) is 1. The highest BCUT2D eigenvalue weighted by molar-refractivity contribution is 7.91. The standard InChI is InChI=1S/C14H14N4O5S/c1-21-10-4-8-9(5-11(10)22-2)16-7-17-13(8)12-6-15-14(23-12)18-24(3,19)20/h4-7H,1-3H3,(H,15,18). The first kappa shape index (κ1) is 16.0. The lowest BCUT2D eigenvalue weighted by molar-refractivity contribution is 0.356. The van der Waals surface area contributed by atoms with Gasteiger partial charge < -0.3 is 13.9 Å². The number of methoxy groups -OCH3 is 2. The van der Waals surface area contributed by atoms with Gasteiger partial charge in [-0.25, -0.2) is 28.1 Å². The minimum absolute atomic E-state index is 0.139. The smallest absolute Gasteiger partial charge is 0.309 e. The van der Waals surface area contributed by atoms with Crippen molar-refractivity contribution in [2.45, 2.75) is 0 Å². The van der Waals surface area contributed by atoms with Crippen molar-refractivity contribution < 1.29 is 22.3 Å². The zero-order valence-corrected chi connectivity index (χ0v) is 13.9. The molecular weight excluding hydrogens is 336 g/mol. The highest BCUT2D eigenvalue weighted by Gasteiger charge is 2.16. The minimum Gasteiger partial charge on any atom is -0.493 e. The Bertz CT molecular complexity index is 1000. The first-order valence-corrected chi connectivity index (χ1v) is 8.61. The van der Waals surface area contributed by atoms with E-state index in [0.717, 1.165) is 6.26 Å². The normalized spacial score (nSPS) is 11.5. The molecule has 0 aliphatic carbocycles. The second-order valence-corrected chi connectivity index (χ2v) is 6.60. The molecule has 0 fully saturated rings. The summed E-state index contributed by atoms with van der Waals surface area (Å²) >= 11 is 0. The van der Waals surface area contributed by atoms with Crippen LogP contribution in [-0.2, 0) is 10.0 Å². The molecule has 0 saturated carbocycles. The van der Waals surface area contributed by atoms with E-state index in [9.17, 15) is 8.42 Å². The van der Waals surface area contributed by atoms with E-state index in [1.54, 1.807) is 12.1 Å². The molecule has 0 radical (unpaired) electrons. The first-order valence-electron chi connectivity index (χ1n) is 6.72. The van der Waals surface area contributed by atoms with Crippen LogP contribution in [0, 0.1) is 0 Å². The summed E-state index contributed by atoms with van der Waals surface area (Å²) in [5.41, 5.74) is 1.07. The SMILES string of the molecule is COc1cc2ncnc(-c3cnc(NS(C)(=O)=O)o3)c2cc1OC. The van der Waals surface area contributed by atoms with Crippen molar-refractivity contribution in [2.75, 3.05) is 25.2 Å². The van der Waals surface area contributed by atoms with Gasteiger partial charge in [0.25, 0.3) is 0 Å². The van der Waals surface area contributed by atoms with E-state index in [1.165, 1.54) is 26.7 Å². The lowest BCUT2D eigenvalue weighted by atomic mass is 10.1. The molecule has 0 amide bonds. The Hall–Kier alpha value is -2.88. The van der Waals surface area contributed by atoms with E-state index in [1.807, 2.05) is 0 Å². The summed E-state index contributed by atoms with van der Waals surface area (Å²) in [6, 6.07) is 3.29. The Labute approximate surface area is 137 Å². The number of sulfonamides is 1. The molecule has 1 N–H and O–H groups in total. The zero-order valence-electron chi connectivity index (χ0n) is 13.1. The molecule has 9 nitrogen and oxygen atoms in total. The minimum atomic E-state index is -3.48. The van der Waals surface area contributed by atoms with E-state index < -0.39 is 10.0 Å². The van der Waals surface area contributed by atoms with Gasteiger partial charge in [-0.15, -0.1) is 0 Å². The van der Waals surface area contributed by atoms with Gasteiger partial charge in [-0.1, -0.05) is 0 Å². The fraction of sp³-hybridized carbons (Fsp3) is 0.214. The van der Waals surface area contributed by atoms with Crippen molar-refractivity contribution >= 4 is 26.9 Å². The van der Waals surface area contributed by atoms with Crippen LogP contribution >= 0.6 is 0 Å². The quantitative estimate of drug-likeness (QED) is 0.738. The molecule has 126 valence electrons. The summed E-state index contributed by atoms with van der Waals surface area (Å²) in [6.45, 7) is 0. The number of nitrogens with zero attached hydrogens (tertiary/aromatic N) is 3. The Morgan fingerprint density at radius 3 is 2.46 bits per heavy atom. The predicted octanol–water partition coefficient (Wildman–Crippen LogP) is 1.67. The molecule has 0 aliphatic heterocycles. The molecule has 0 bridgehead atoms. The molecule has 10 heteroatoms. The van der Waals surface area contributed by atoms with Gasteiger partial charge in [0.15, 0.2) is 17.3 Å². The van der Waals surface area contributed by atoms with Gasteiger partial charge in [0, 0.05) is 11.5 Å². The van der Waals surface area contributed by atoms with Gasteiger partial charge in [0.1, 0.15) is 12.0 Å². The van der Waals surface area contributed by atoms with Gasteiger partial charge in [-0.3, -0.25) is 0 Å². The lowest BCUT2D eigenvalue weighted by Gasteiger charge is -2.09. The molecule has 1 aromatic carbocycles. The fourth-order valence-corrected chi connectivity index (χ4v) is 2.58. The summed E-state index contributed by atoms with van der Waals surface area (Å²) in [4.78, 5) is 12.3. The maximum absolute atomic E-state index is 11.2. The van der Waals surface area contributed by atoms with Gasteiger partial charge in [-0.2, -0.15) is 0 Å². The number of nitrogens with one attached hydrogen (secondary N) is 1. The average Bonchev–Trinajstić information content (AvgIpc) is 2.99. The average molecular weight is 350 g/mol. The van der Waals surface area contributed by atoms with Crippen LogP contribution in [0.5, 0.6) is 11.5 Å². The number of rotatable bonds is 5. The largest absolute Gasteiger partial charge is 0.493 e. The molecule has 0 atom stereocenters. The molecule has 3 rings (SSSR count). The van der Waals surface area contributed by atoms with Gasteiger partial charge in [0.2, 0.25) is 10.0 Å². The third-order valence-corrected chi connectivity index (χ3v) is 3.70. The molecule has 0 saturated heterocycles. The van der Waals surface area contributed by atoms with E-state index in [2.05, 4.69) is 19.7 Å². The number of anilines is 1. The summed E-state index contributed by atoms with van der Waals surface area (Å²) < 4.78 is 40.6. The summed E-state index contributed by atoms with van der Waals surface area (Å²) in [5, 5.41) is 0.650. The van der Waals surface area contributed by atoms with Crippen LogP contribution in [0.3, 0.4) is 0 Å². The van der Waals surface area contributed by atoms with Gasteiger partial charge >= 0.3 is 6.01 Å². The number of oxazole rings is 1. The molecular formula is C14H14N4O5S. The van der Waals surface area contributed by atoms with Gasteiger partial charge in [-0.05, 0) is 6.07 Å². The third kappa shape index (κ3) is 3.08. The lowest BCUT2D eigenvalue weighted by Crippen LogP contribution is -2.09. The second-order valence-electron chi connectivity index (χ2n) is 4.85. The van der Waals surface area contributed by atoms with E-state index in [4.69, 9.17) is 13.9 Å². The zero-order chi connectivity index (χ0) is 17.3. The molecule has 2 aromatic heterocycles. The topological polar surface area (TPSA) is 116 Å². The number of fused-ring (bicyclic) bond motifs is 1. The fourth-order valence-electron chi connectivity index (χ4n) is 2.17. The molecule has 0 spiro atoms. The maximum Gasteiger partial charge on any atom is 0.309 e. The van der Waals surface area contributed by atoms with Crippen molar-refractivity contribution in [1.29, 1.82) is 0 Å². The number of benzene rings is 1. The third-order valence-electron chi connectivity index (χ3n) is 3.15. The number of aromatic nitrogens is 3. The molecule has 24 heavy (non-hydrogen) atoms. The van der Waals surface area contributed by atoms with Crippen LogP contribution < -0.4 is 14.2 Å². The first-order chi connectivity index (χ1) is 11.4. The van der Waals surface area contributed by atoms with Crippen LogP contribution in [-0.4, -0.2) is 43.8 Å². The second kappa shape index (κ2) is 5.96. The highest BCUT2D eigenvalue weighted by atomic mass is 32.2. The number of hydrogen-bond acceptors (Lipinski definition) is 8. The van der Waals surface area contributed by atoms with Gasteiger partial charge in [0.05, 0.1) is 32.2 Å². The van der Waals surface area contributed by atoms with Crippen LogP contribution in [0.1, 0.15) is 0 Å². The van der Waals surface area contributed by atoms with Crippen molar-refractivity contribution in [3.05, 3.63) is 24.7 Å². The van der Waals surface area contributed by atoms with Crippen LogP contribution in [0.4, 0.5) is 6.01 Å². The highest BCUT2D eigenvalue weighted by Crippen LogP contribution is 2.35. The Morgan fingerprint density at radius 1 is 1.08 bits per heavy atom. The van der Waals surface area contributed by atoms with Crippen LogP contribution in [0.2, 0.25) is 0 Å². The number of ether oxygens (including phenoxy) is 2. The molecule has 2 heterocycles. The summed E-state index contributed by atoms with van der Waals surface area (Å²) in [7, 11) is -0.427. The van der Waals surface area contributed by atoms with Crippen LogP contribution in [0.25, 0.3) is 22.4 Å². The molecule has 0 aliphatic rings. The van der Waals surface area contributed by atoms with Crippen molar-refractivity contribution in [3.8, 4) is 23.0 Å². The Morgan fingerprint density at radius 2 is 1.79 bits per heavy atom. The predicted molar refractivity (Wildman–Crippen MR) is 86.6 cm³/mol. The van der Waals surface area contributed by atoms with E-state index >= 15 is 0 Å². The molecule has 0 unspecified atom stereocenters. The van der Waals surface area contributed by atoms with E-state index in [-0.39, 0.29) is 6.01 Å². The monoisotopic (exact) mass is 350 g/mol. The Balaban J connectivity index is 2.13. The van der Waals surface area contributed by atoms with Crippen molar-refractivity contribution in [2.24, 2.45) is 0 Å². The van der Waals surface area contributed by atoms with Crippen molar-refractivity contribution in [1.82, 2.24) is 15.0 Å². The maximum atomic E-state index is 11.2. The van der Waals surface area contributed by atoms with E-state index in [0.29, 0.717) is 33.9 Å². The Kier molecular flexibility index (Phi) is 3.97. The van der Waals surface area contributed by atoms with Crippen LogP contribution in [0.15, 0.2) is 29.1 Å². The van der Waals surface area contributed by atoms with Crippen molar-refractivity contribution in [3.63, 3.8) is 0 Å². The molecule has 3 aromatic rings. The summed E-state index contributed by atoms with van der Waals surface area (Å²) in [5.74, 6) is 1.34. The summed E-state index contributed by atoms with van der Waals surface area (Å²) in [6.07, 6.45) is 3.76.